The summed E-state index contributed by atoms with van der Waals surface area (Å²) in [5.74, 6) is 0. The Morgan fingerprint density at radius 3 is 1.47 bits per heavy atom. The van der Waals surface area contributed by atoms with E-state index in [4.69, 9.17) is 0 Å². The minimum atomic E-state index is 1.23. The molecule has 0 bridgehead atoms. The van der Waals surface area contributed by atoms with Gasteiger partial charge < -0.3 is 0 Å². The summed E-state index contributed by atoms with van der Waals surface area (Å²) in [5, 5.41) is 0. The average molecular weight is 210 g/mol. The van der Waals surface area contributed by atoms with E-state index in [1.165, 1.54) is 77.0 Å². The Kier molecular flexibility index (Phi) is 14.0. The summed E-state index contributed by atoms with van der Waals surface area (Å²) in [5.41, 5.74) is 0. The molecule has 0 aliphatic rings. The molecule has 0 heterocycles. The van der Waals surface area contributed by atoms with Crippen molar-refractivity contribution in [1.29, 1.82) is 0 Å². The zero-order valence-electron chi connectivity index (χ0n) is 11.0. The molecule has 0 heteroatoms. The van der Waals surface area contributed by atoms with Crippen LogP contribution in [0.15, 0.2) is 0 Å². The molecule has 0 amide bonds. The first-order valence-corrected chi connectivity index (χ1v) is 7.12. The van der Waals surface area contributed by atoms with Gasteiger partial charge in [0.05, 0.1) is 0 Å². The van der Waals surface area contributed by atoms with Crippen LogP contribution in [0.25, 0.3) is 0 Å². The van der Waals surface area contributed by atoms with Gasteiger partial charge >= 0.3 is 0 Å². The fraction of sp³-hybridized carbons (Fsp3) is 0.933. The van der Waals surface area contributed by atoms with Crippen LogP contribution in [0.4, 0.5) is 0 Å². The number of hydrogen-bond acceptors (Lipinski definition) is 0. The summed E-state index contributed by atoms with van der Waals surface area (Å²) in [6.45, 7) is 4.54. The van der Waals surface area contributed by atoms with E-state index in [0.29, 0.717) is 0 Å². The van der Waals surface area contributed by atoms with Gasteiger partial charge in [-0.3, -0.25) is 0 Å². The molecule has 0 saturated carbocycles. The fourth-order valence-corrected chi connectivity index (χ4v) is 1.83. The van der Waals surface area contributed by atoms with Crippen LogP contribution in [0.5, 0.6) is 0 Å². The molecule has 0 fully saturated rings. The van der Waals surface area contributed by atoms with Crippen LogP contribution in [0, 0.1) is 6.42 Å². The normalized spacial score (nSPS) is 10.8. The predicted octanol–water partition coefficient (Wildman–Crippen LogP) is 5.79. The molecular weight excluding hydrogens is 180 g/mol. The van der Waals surface area contributed by atoms with E-state index in [1.807, 2.05) is 0 Å². The molecular formula is C15H30. The summed E-state index contributed by atoms with van der Waals surface area (Å²) >= 11 is 0. The van der Waals surface area contributed by atoms with Crippen molar-refractivity contribution in [2.75, 3.05) is 0 Å². The van der Waals surface area contributed by atoms with Gasteiger partial charge in [-0.05, 0) is 19.3 Å². The standard InChI is InChI=1S/C15H30/c1-3-5-7-9-11-13-15-14-12-10-8-6-4-2/h3-13,15H2,1-2H3. The molecule has 0 unspecified atom stereocenters. The van der Waals surface area contributed by atoms with E-state index in [0.717, 1.165) is 0 Å². The SMILES string of the molecule is CCCCCC[C]CCCCCCCC. The van der Waals surface area contributed by atoms with Crippen LogP contribution >= 0.6 is 0 Å². The first-order valence-electron chi connectivity index (χ1n) is 7.12. The zero-order valence-corrected chi connectivity index (χ0v) is 11.0. The van der Waals surface area contributed by atoms with Crippen molar-refractivity contribution in [2.24, 2.45) is 0 Å². The maximum absolute atomic E-state index is 3.54. The van der Waals surface area contributed by atoms with Gasteiger partial charge in [-0.2, -0.15) is 0 Å². The fourth-order valence-electron chi connectivity index (χ4n) is 1.83. The molecule has 0 atom stereocenters. The highest BCUT2D eigenvalue weighted by molar-refractivity contribution is 4.64. The molecule has 0 spiro atoms. The topological polar surface area (TPSA) is 0 Å². The summed E-state index contributed by atoms with van der Waals surface area (Å²) in [7, 11) is 0. The van der Waals surface area contributed by atoms with Gasteiger partial charge in [0.2, 0.25) is 0 Å². The Labute approximate surface area is 97.8 Å². The van der Waals surface area contributed by atoms with Gasteiger partial charge in [0.25, 0.3) is 0 Å². The number of rotatable bonds is 12. The monoisotopic (exact) mass is 210 g/mol. The third-order valence-electron chi connectivity index (χ3n) is 2.91. The lowest BCUT2D eigenvalue weighted by molar-refractivity contribution is 0.591. The number of hydrogen-bond donors (Lipinski definition) is 0. The third kappa shape index (κ3) is 14.0. The summed E-state index contributed by atoms with van der Waals surface area (Å²) in [6.07, 6.45) is 20.0. The van der Waals surface area contributed by atoms with Crippen molar-refractivity contribution in [3.8, 4) is 0 Å². The minimum absolute atomic E-state index is 1.23. The highest BCUT2D eigenvalue weighted by Gasteiger charge is 1.92. The lowest BCUT2D eigenvalue weighted by atomic mass is 10.1. The first-order chi connectivity index (χ1) is 7.41. The largest absolute Gasteiger partial charge is 0.0654 e. The van der Waals surface area contributed by atoms with E-state index in [9.17, 15) is 0 Å². The molecule has 0 aromatic rings. The van der Waals surface area contributed by atoms with Crippen molar-refractivity contribution in [2.45, 2.75) is 90.9 Å². The summed E-state index contributed by atoms with van der Waals surface area (Å²) in [4.78, 5) is 0. The molecule has 0 aromatic heterocycles. The minimum Gasteiger partial charge on any atom is -0.0654 e. The third-order valence-corrected chi connectivity index (χ3v) is 2.91. The van der Waals surface area contributed by atoms with Gasteiger partial charge in [0.1, 0.15) is 0 Å². The maximum Gasteiger partial charge on any atom is -0.0173 e. The van der Waals surface area contributed by atoms with Crippen LogP contribution in [0.3, 0.4) is 0 Å². The van der Waals surface area contributed by atoms with Crippen LogP contribution in [-0.4, -0.2) is 0 Å². The van der Waals surface area contributed by atoms with Crippen molar-refractivity contribution in [1.82, 2.24) is 0 Å². The Hall–Kier alpha value is 0. The molecule has 0 rings (SSSR count). The predicted molar refractivity (Wildman–Crippen MR) is 70.0 cm³/mol. The highest BCUT2D eigenvalue weighted by atomic mass is 14.0. The Morgan fingerprint density at radius 1 is 0.533 bits per heavy atom. The van der Waals surface area contributed by atoms with E-state index in [2.05, 4.69) is 20.3 Å². The van der Waals surface area contributed by atoms with Gasteiger partial charge in [0, 0.05) is 0 Å². The zero-order chi connectivity index (χ0) is 11.2. The van der Waals surface area contributed by atoms with E-state index >= 15 is 0 Å². The van der Waals surface area contributed by atoms with E-state index in [-0.39, 0.29) is 0 Å². The molecule has 2 radical (unpaired) electrons. The van der Waals surface area contributed by atoms with Crippen molar-refractivity contribution >= 4 is 0 Å². The van der Waals surface area contributed by atoms with Crippen molar-refractivity contribution in [3.63, 3.8) is 0 Å². The van der Waals surface area contributed by atoms with E-state index in [1.54, 1.807) is 0 Å². The van der Waals surface area contributed by atoms with Crippen molar-refractivity contribution < 1.29 is 0 Å². The molecule has 0 nitrogen and oxygen atoms in total. The smallest absolute Gasteiger partial charge is 0.0173 e. The van der Waals surface area contributed by atoms with Gasteiger partial charge in [-0.25, -0.2) is 0 Å². The Morgan fingerprint density at radius 2 is 0.933 bits per heavy atom. The lowest BCUT2D eigenvalue weighted by Gasteiger charge is -2.01. The molecule has 0 N–H and O–H groups in total. The lowest BCUT2D eigenvalue weighted by Crippen LogP contribution is -1.82. The van der Waals surface area contributed by atoms with Crippen LogP contribution in [0.2, 0.25) is 0 Å². The molecule has 0 aliphatic heterocycles. The van der Waals surface area contributed by atoms with Gasteiger partial charge in [-0.15, -0.1) is 0 Å². The van der Waals surface area contributed by atoms with E-state index < -0.39 is 0 Å². The second-order valence-corrected chi connectivity index (χ2v) is 4.58. The average Bonchev–Trinajstić information content (AvgIpc) is 2.26. The summed E-state index contributed by atoms with van der Waals surface area (Å²) < 4.78 is 0. The number of unbranched alkanes of at least 4 members (excludes halogenated alkanes) is 12. The molecule has 0 aliphatic carbocycles. The second-order valence-electron chi connectivity index (χ2n) is 4.58. The molecule has 15 heavy (non-hydrogen) atoms. The Balaban J connectivity index is 2.81. The first kappa shape index (κ1) is 15.0. The maximum atomic E-state index is 3.54. The van der Waals surface area contributed by atoms with Crippen LogP contribution in [0.1, 0.15) is 90.9 Å². The quantitative estimate of drug-likeness (QED) is 0.358. The van der Waals surface area contributed by atoms with Crippen molar-refractivity contribution in [3.05, 3.63) is 6.42 Å². The molecule has 0 aromatic carbocycles. The molecule has 90 valence electrons. The summed E-state index contributed by atoms with van der Waals surface area (Å²) in [6, 6.07) is 0. The highest BCUT2D eigenvalue weighted by Crippen LogP contribution is 2.11. The molecule has 0 saturated heterocycles. The van der Waals surface area contributed by atoms with Gasteiger partial charge in [-0.1, -0.05) is 78.1 Å². The van der Waals surface area contributed by atoms with Gasteiger partial charge in [0.15, 0.2) is 0 Å². The Bertz CT molecular complexity index is 84.2. The second kappa shape index (κ2) is 14.0. The van der Waals surface area contributed by atoms with Crippen LogP contribution < -0.4 is 0 Å². The van der Waals surface area contributed by atoms with Crippen LogP contribution in [-0.2, 0) is 0 Å².